The van der Waals surface area contributed by atoms with Crippen LogP contribution in [0.25, 0.3) is 0 Å². The predicted octanol–water partition coefficient (Wildman–Crippen LogP) is 12.8. The molecular weight excluding hydrogens is 793 g/mol. The summed E-state index contributed by atoms with van der Waals surface area (Å²) in [6.07, 6.45) is 40.4. The highest BCUT2D eigenvalue weighted by Gasteiger charge is 2.32. The molecule has 0 aromatic carbocycles. The smallest absolute Gasteiger partial charge is 0.307 e. The highest BCUT2D eigenvalue weighted by atomic mass is 16.6. The van der Waals surface area contributed by atoms with Crippen LogP contribution < -0.4 is 0 Å². The number of esters is 4. The van der Waals surface area contributed by atoms with Crippen LogP contribution >= 0.6 is 0 Å². The van der Waals surface area contributed by atoms with Crippen molar-refractivity contribution in [1.29, 1.82) is 0 Å². The maximum atomic E-state index is 13.2. The Morgan fingerprint density at radius 3 is 1.03 bits per heavy atom. The van der Waals surface area contributed by atoms with Crippen molar-refractivity contribution in [3.8, 4) is 0 Å². The third-order valence-electron chi connectivity index (χ3n) is 12.8. The topological polar surface area (TPSA) is 112 Å². The Kier molecular flexibility index (Phi) is 36.9. The van der Waals surface area contributed by atoms with Crippen LogP contribution in [0.1, 0.15) is 239 Å². The van der Waals surface area contributed by atoms with E-state index < -0.39 is 24.1 Å². The summed E-state index contributed by atoms with van der Waals surface area (Å²) >= 11 is 0. The summed E-state index contributed by atoms with van der Waals surface area (Å²) in [7, 11) is 0. The minimum atomic E-state index is -1.08. The van der Waals surface area contributed by atoms with Crippen LogP contribution in [0.5, 0.6) is 0 Å². The molecule has 0 aromatic rings. The summed E-state index contributed by atoms with van der Waals surface area (Å²) in [5.74, 6) is -1.65. The Morgan fingerprint density at radius 1 is 0.397 bits per heavy atom. The van der Waals surface area contributed by atoms with E-state index >= 15 is 0 Å². The standard InChI is InChI=1S/C53H96N2O8/c1-3-5-7-9-11-13-15-17-19-21-23-25-27-29-31-37-51(57)61-47-49(63-53(59)39-45-55-42-34-35-43-55)48(62-52(58)38-44-54-40-32-33-41-54)46-60-50(56)36-30-28-26-24-22-20-18-16-14-12-10-8-6-4-2/h17,19,48-49H,3-16,18,20-47H2,1-2H3/b19-17-. The second kappa shape index (κ2) is 41.0. The van der Waals surface area contributed by atoms with Gasteiger partial charge >= 0.3 is 23.9 Å². The van der Waals surface area contributed by atoms with Gasteiger partial charge in [-0.2, -0.15) is 0 Å². The number of hydrogen-bond acceptors (Lipinski definition) is 10. The van der Waals surface area contributed by atoms with Crippen molar-refractivity contribution in [2.45, 2.75) is 251 Å². The maximum absolute atomic E-state index is 13.2. The van der Waals surface area contributed by atoms with Gasteiger partial charge in [0.1, 0.15) is 13.2 Å². The van der Waals surface area contributed by atoms with E-state index in [-0.39, 0.29) is 50.8 Å². The lowest BCUT2D eigenvalue weighted by molar-refractivity contribution is -0.183. The first-order valence-corrected chi connectivity index (χ1v) is 26.7. The minimum absolute atomic E-state index is 0.175. The summed E-state index contributed by atoms with van der Waals surface area (Å²) < 4.78 is 23.2. The van der Waals surface area contributed by atoms with Gasteiger partial charge in [-0.3, -0.25) is 19.2 Å². The van der Waals surface area contributed by atoms with Gasteiger partial charge < -0.3 is 28.7 Å². The molecular formula is C53H96N2O8. The Morgan fingerprint density at radius 2 is 0.698 bits per heavy atom. The van der Waals surface area contributed by atoms with Gasteiger partial charge in [0.15, 0.2) is 12.2 Å². The fourth-order valence-corrected chi connectivity index (χ4v) is 8.70. The van der Waals surface area contributed by atoms with Gasteiger partial charge in [-0.25, -0.2) is 0 Å². The average molecular weight is 889 g/mol. The molecule has 0 spiro atoms. The van der Waals surface area contributed by atoms with Crippen LogP contribution in [0.15, 0.2) is 12.2 Å². The van der Waals surface area contributed by atoms with E-state index in [9.17, 15) is 19.2 Å². The predicted molar refractivity (Wildman–Crippen MR) is 257 cm³/mol. The monoisotopic (exact) mass is 889 g/mol. The zero-order valence-electron chi connectivity index (χ0n) is 40.9. The highest BCUT2D eigenvalue weighted by molar-refractivity contribution is 5.72. The molecule has 0 bridgehead atoms. The molecule has 10 nitrogen and oxygen atoms in total. The van der Waals surface area contributed by atoms with E-state index in [2.05, 4.69) is 35.8 Å². The number of carbonyl (C=O) groups is 4. The number of allylic oxidation sites excluding steroid dienone is 2. The highest BCUT2D eigenvalue weighted by Crippen LogP contribution is 2.17. The lowest BCUT2D eigenvalue weighted by atomic mass is 10.0. The molecule has 10 heteroatoms. The molecule has 2 fully saturated rings. The largest absolute Gasteiger partial charge is 0.462 e. The number of likely N-dealkylation sites (tertiary alicyclic amines) is 2. The van der Waals surface area contributed by atoms with E-state index in [1.807, 2.05) is 0 Å². The molecule has 0 saturated carbocycles. The first-order chi connectivity index (χ1) is 30.9. The summed E-state index contributed by atoms with van der Waals surface area (Å²) in [6, 6.07) is 0. The molecule has 63 heavy (non-hydrogen) atoms. The van der Waals surface area contributed by atoms with Crippen molar-refractivity contribution in [1.82, 2.24) is 9.80 Å². The molecule has 2 aliphatic rings. The van der Waals surface area contributed by atoms with Crippen LogP contribution in [0.2, 0.25) is 0 Å². The fraction of sp³-hybridized carbons (Fsp3) is 0.887. The number of nitrogens with zero attached hydrogens (tertiary/aromatic N) is 2. The lowest BCUT2D eigenvalue weighted by Crippen LogP contribution is -2.43. The Balaban J connectivity index is 1.82. The molecule has 0 aliphatic carbocycles. The van der Waals surface area contributed by atoms with E-state index in [0.29, 0.717) is 13.1 Å². The summed E-state index contributed by atoms with van der Waals surface area (Å²) in [4.78, 5) is 56.8. The molecule has 2 saturated heterocycles. The number of rotatable bonds is 43. The van der Waals surface area contributed by atoms with Crippen molar-refractivity contribution in [2.75, 3.05) is 52.5 Å². The lowest BCUT2D eigenvalue weighted by Gasteiger charge is -2.27. The summed E-state index contributed by atoms with van der Waals surface area (Å²) in [5.41, 5.74) is 0. The minimum Gasteiger partial charge on any atom is -0.462 e. The van der Waals surface area contributed by atoms with Crippen LogP contribution in [0.4, 0.5) is 0 Å². The second-order valence-corrected chi connectivity index (χ2v) is 18.7. The number of unbranched alkanes of at least 4 members (excludes halogenated alkanes) is 24. The van der Waals surface area contributed by atoms with E-state index in [1.54, 1.807) is 0 Å². The number of carbonyl (C=O) groups excluding carboxylic acids is 4. The molecule has 0 aromatic heterocycles. The first-order valence-electron chi connectivity index (χ1n) is 26.7. The van der Waals surface area contributed by atoms with Gasteiger partial charge in [-0.1, -0.05) is 161 Å². The third kappa shape index (κ3) is 33.6. The zero-order valence-corrected chi connectivity index (χ0v) is 40.9. The van der Waals surface area contributed by atoms with Gasteiger partial charge in [0.05, 0.1) is 12.8 Å². The van der Waals surface area contributed by atoms with Gasteiger partial charge in [-0.15, -0.1) is 0 Å². The van der Waals surface area contributed by atoms with Gasteiger partial charge in [-0.05, 0) is 90.4 Å². The molecule has 0 N–H and O–H groups in total. The van der Waals surface area contributed by atoms with Crippen molar-refractivity contribution >= 4 is 23.9 Å². The second-order valence-electron chi connectivity index (χ2n) is 18.7. The molecule has 366 valence electrons. The SMILES string of the molecule is CCCCCCCC/C=C\CCCCCCCC(=O)OCC(OC(=O)CCN1CCCC1)C(COC(=O)CCCCCCCCCCCCCCCC)OC(=O)CCN1CCCC1. The molecule has 2 unspecified atom stereocenters. The van der Waals surface area contributed by atoms with Crippen molar-refractivity contribution in [3.05, 3.63) is 12.2 Å². The van der Waals surface area contributed by atoms with Gasteiger partial charge in [0.25, 0.3) is 0 Å². The Bertz CT molecular complexity index is 1150. The summed E-state index contributed by atoms with van der Waals surface area (Å²) in [5, 5.41) is 0. The van der Waals surface area contributed by atoms with E-state index in [0.717, 1.165) is 110 Å². The van der Waals surface area contributed by atoms with Crippen molar-refractivity contribution in [2.24, 2.45) is 0 Å². The maximum Gasteiger partial charge on any atom is 0.307 e. The van der Waals surface area contributed by atoms with Crippen LogP contribution in [-0.4, -0.2) is 98.4 Å². The normalized spacial score (nSPS) is 15.5. The van der Waals surface area contributed by atoms with E-state index in [1.165, 1.54) is 116 Å². The number of hydrogen-bond donors (Lipinski definition) is 0. The molecule has 2 rings (SSSR count). The molecule has 0 radical (unpaired) electrons. The van der Waals surface area contributed by atoms with Crippen molar-refractivity contribution in [3.63, 3.8) is 0 Å². The Hall–Kier alpha value is -2.46. The van der Waals surface area contributed by atoms with Crippen molar-refractivity contribution < 1.29 is 38.1 Å². The van der Waals surface area contributed by atoms with Crippen LogP contribution in [0.3, 0.4) is 0 Å². The van der Waals surface area contributed by atoms with Gasteiger partial charge in [0, 0.05) is 25.9 Å². The van der Waals surface area contributed by atoms with E-state index in [4.69, 9.17) is 18.9 Å². The van der Waals surface area contributed by atoms with Crippen LogP contribution in [0, 0.1) is 0 Å². The zero-order chi connectivity index (χ0) is 45.3. The molecule has 2 atom stereocenters. The quantitative estimate of drug-likeness (QED) is 0.0254. The fourth-order valence-electron chi connectivity index (χ4n) is 8.70. The third-order valence-corrected chi connectivity index (χ3v) is 12.8. The first kappa shape index (κ1) is 56.7. The number of ether oxygens (including phenoxy) is 4. The Labute approximate surface area is 386 Å². The molecule has 0 amide bonds. The van der Waals surface area contributed by atoms with Crippen LogP contribution in [-0.2, 0) is 38.1 Å². The summed E-state index contributed by atoms with van der Waals surface area (Å²) in [6.45, 7) is 8.97. The van der Waals surface area contributed by atoms with Gasteiger partial charge in [0.2, 0.25) is 0 Å². The molecule has 2 heterocycles. The molecule has 2 aliphatic heterocycles. The average Bonchev–Trinajstić information content (AvgIpc) is 4.02.